The van der Waals surface area contributed by atoms with Gasteiger partial charge in [0, 0.05) is 16.8 Å². The van der Waals surface area contributed by atoms with Gasteiger partial charge < -0.3 is 5.32 Å². The van der Waals surface area contributed by atoms with E-state index in [2.05, 4.69) is 5.32 Å². The van der Waals surface area contributed by atoms with Gasteiger partial charge in [0.2, 0.25) is 0 Å². The van der Waals surface area contributed by atoms with E-state index in [1.807, 2.05) is 0 Å². The molecule has 0 aromatic heterocycles. The molecule has 0 saturated carbocycles. The Morgan fingerprint density at radius 3 is 2.29 bits per heavy atom. The first-order valence-electron chi connectivity index (χ1n) is 6.40. The monoisotopic (exact) mass is 369 g/mol. The average molecular weight is 370 g/mol. The van der Waals surface area contributed by atoms with Crippen LogP contribution in [0.4, 0.5) is 17.1 Å². The van der Waals surface area contributed by atoms with E-state index in [1.54, 1.807) is 19.1 Å². The van der Waals surface area contributed by atoms with E-state index < -0.39 is 32.2 Å². The van der Waals surface area contributed by atoms with E-state index in [-0.39, 0.29) is 5.56 Å². The first kappa shape index (κ1) is 17.6. The molecule has 0 aliphatic carbocycles. The van der Waals surface area contributed by atoms with Gasteiger partial charge in [0.1, 0.15) is 5.02 Å². The molecule has 0 heterocycles. The lowest BCUT2D eigenvalue weighted by molar-refractivity contribution is -0.394. The van der Waals surface area contributed by atoms with E-state index in [0.29, 0.717) is 16.8 Å². The average Bonchev–Trinajstić information content (AvgIpc) is 2.50. The zero-order chi connectivity index (χ0) is 18.0. The largest absolute Gasteiger partial charge is 0.322 e. The summed E-state index contributed by atoms with van der Waals surface area (Å²) in [5.41, 5.74) is -0.607. The molecule has 0 radical (unpaired) electrons. The minimum atomic E-state index is -0.894. The van der Waals surface area contributed by atoms with E-state index >= 15 is 0 Å². The summed E-state index contributed by atoms with van der Waals surface area (Å²) in [4.78, 5) is 32.4. The van der Waals surface area contributed by atoms with Crippen LogP contribution >= 0.6 is 23.2 Å². The number of carbonyl (C=O) groups is 1. The number of nitrogens with zero attached hydrogens (tertiary/aromatic N) is 2. The van der Waals surface area contributed by atoms with Gasteiger partial charge in [-0.2, -0.15) is 0 Å². The predicted molar refractivity (Wildman–Crippen MR) is 88.9 cm³/mol. The summed E-state index contributed by atoms with van der Waals surface area (Å²) >= 11 is 11.8. The summed E-state index contributed by atoms with van der Waals surface area (Å²) in [5, 5.41) is 24.2. The molecule has 1 amide bonds. The third-order valence-electron chi connectivity index (χ3n) is 3.12. The number of nitro groups is 2. The molecule has 1 N–H and O–H groups in total. The first-order chi connectivity index (χ1) is 11.2. The fraction of sp³-hybridized carbons (Fsp3) is 0.0714. The zero-order valence-electron chi connectivity index (χ0n) is 12.1. The number of rotatable bonds is 4. The number of benzene rings is 2. The van der Waals surface area contributed by atoms with Crippen LogP contribution < -0.4 is 5.32 Å². The first-order valence-corrected chi connectivity index (χ1v) is 7.16. The molecule has 0 aliphatic rings. The third-order valence-corrected chi connectivity index (χ3v) is 3.92. The van der Waals surface area contributed by atoms with Crippen molar-refractivity contribution in [2.45, 2.75) is 6.92 Å². The van der Waals surface area contributed by atoms with E-state index in [9.17, 15) is 25.0 Å². The quantitative estimate of drug-likeness (QED) is 0.634. The standard InChI is InChI=1S/C14H9Cl2N3O5/c1-7-2-3-8(4-11(7)15)17-14(20)10-5-9(18(21)22)6-12(13(10)16)19(23)24/h2-6H,1H3,(H,17,20). The number of nitro benzene ring substituents is 2. The van der Waals surface area contributed by atoms with Gasteiger partial charge in [0.05, 0.1) is 21.5 Å². The van der Waals surface area contributed by atoms with Gasteiger partial charge in [-0.25, -0.2) is 0 Å². The molecule has 0 saturated heterocycles. The van der Waals surface area contributed by atoms with Gasteiger partial charge in [-0.1, -0.05) is 29.3 Å². The molecule has 0 spiro atoms. The maximum absolute atomic E-state index is 12.3. The van der Waals surface area contributed by atoms with Crippen molar-refractivity contribution in [2.24, 2.45) is 0 Å². The van der Waals surface area contributed by atoms with Crippen molar-refractivity contribution in [2.75, 3.05) is 5.32 Å². The minimum Gasteiger partial charge on any atom is -0.322 e. The Labute approximate surface area is 145 Å². The molecule has 0 atom stereocenters. The lowest BCUT2D eigenvalue weighted by Gasteiger charge is -2.08. The van der Waals surface area contributed by atoms with Crippen LogP contribution in [0.25, 0.3) is 0 Å². The lowest BCUT2D eigenvalue weighted by Crippen LogP contribution is -2.13. The van der Waals surface area contributed by atoms with Crippen LogP contribution in [0.15, 0.2) is 30.3 Å². The van der Waals surface area contributed by atoms with Crippen LogP contribution in [0.2, 0.25) is 10.0 Å². The summed E-state index contributed by atoms with van der Waals surface area (Å²) in [7, 11) is 0. The van der Waals surface area contributed by atoms with Gasteiger partial charge in [-0.05, 0) is 24.6 Å². The van der Waals surface area contributed by atoms with Crippen molar-refractivity contribution in [3.63, 3.8) is 0 Å². The van der Waals surface area contributed by atoms with Crippen LogP contribution in [-0.2, 0) is 0 Å². The van der Waals surface area contributed by atoms with E-state index in [1.165, 1.54) is 6.07 Å². The normalized spacial score (nSPS) is 10.3. The van der Waals surface area contributed by atoms with Crippen LogP contribution in [0.5, 0.6) is 0 Å². The molecule has 0 bridgehead atoms. The molecule has 2 aromatic carbocycles. The number of non-ortho nitro benzene ring substituents is 1. The summed E-state index contributed by atoms with van der Waals surface area (Å²) in [5.74, 6) is -0.827. The lowest BCUT2D eigenvalue weighted by atomic mass is 10.1. The molecule has 2 aromatic rings. The highest BCUT2D eigenvalue weighted by molar-refractivity contribution is 6.36. The highest BCUT2D eigenvalue weighted by Crippen LogP contribution is 2.33. The topological polar surface area (TPSA) is 115 Å². The summed E-state index contributed by atoms with van der Waals surface area (Å²) in [6.45, 7) is 1.77. The van der Waals surface area contributed by atoms with Crippen molar-refractivity contribution >= 4 is 46.2 Å². The van der Waals surface area contributed by atoms with Crippen LogP contribution in [0, 0.1) is 27.2 Å². The summed E-state index contributed by atoms with van der Waals surface area (Å²) < 4.78 is 0. The Bertz CT molecular complexity index is 870. The second kappa shape index (κ2) is 6.81. The molecule has 10 heteroatoms. The molecular weight excluding hydrogens is 361 g/mol. The molecular formula is C14H9Cl2N3O5. The van der Waals surface area contributed by atoms with Crippen molar-refractivity contribution < 1.29 is 14.6 Å². The van der Waals surface area contributed by atoms with Crippen molar-refractivity contribution in [3.8, 4) is 0 Å². The maximum Gasteiger partial charge on any atom is 0.295 e. The van der Waals surface area contributed by atoms with Gasteiger partial charge in [-0.15, -0.1) is 0 Å². The number of hydrogen-bond donors (Lipinski definition) is 1. The molecule has 0 unspecified atom stereocenters. The van der Waals surface area contributed by atoms with Crippen molar-refractivity contribution in [1.82, 2.24) is 0 Å². The Morgan fingerprint density at radius 1 is 1.08 bits per heavy atom. The van der Waals surface area contributed by atoms with Crippen LogP contribution in [0.3, 0.4) is 0 Å². The van der Waals surface area contributed by atoms with Gasteiger partial charge in [-0.3, -0.25) is 25.0 Å². The van der Waals surface area contributed by atoms with Crippen LogP contribution in [0.1, 0.15) is 15.9 Å². The number of aryl methyl sites for hydroxylation is 1. The summed E-state index contributed by atoms with van der Waals surface area (Å²) in [6.07, 6.45) is 0. The van der Waals surface area contributed by atoms with E-state index in [0.717, 1.165) is 11.6 Å². The molecule has 24 heavy (non-hydrogen) atoms. The van der Waals surface area contributed by atoms with Gasteiger partial charge in [0.15, 0.2) is 0 Å². The minimum absolute atomic E-state index is 0.320. The number of hydrogen-bond acceptors (Lipinski definition) is 5. The second-order valence-electron chi connectivity index (χ2n) is 4.76. The Kier molecular flexibility index (Phi) is 5.01. The Morgan fingerprint density at radius 2 is 1.75 bits per heavy atom. The van der Waals surface area contributed by atoms with E-state index in [4.69, 9.17) is 23.2 Å². The smallest absolute Gasteiger partial charge is 0.295 e. The number of anilines is 1. The fourth-order valence-electron chi connectivity index (χ4n) is 1.87. The number of halogens is 2. The van der Waals surface area contributed by atoms with Crippen molar-refractivity contribution in [1.29, 1.82) is 0 Å². The number of nitrogens with one attached hydrogen (secondary N) is 1. The fourth-order valence-corrected chi connectivity index (χ4v) is 2.31. The SMILES string of the molecule is Cc1ccc(NC(=O)c2cc([N+](=O)[O-])cc([N+](=O)[O-])c2Cl)cc1Cl. The van der Waals surface area contributed by atoms with Crippen LogP contribution in [-0.4, -0.2) is 15.8 Å². The highest BCUT2D eigenvalue weighted by Gasteiger charge is 2.26. The predicted octanol–water partition coefficient (Wildman–Crippen LogP) is 4.37. The molecule has 0 aliphatic heterocycles. The molecule has 124 valence electrons. The Hall–Kier alpha value is -2.71. The molecule has 2 rings (SSSR count). The molecule has 8 nitrogen and oxygen atoms in total. The maximum atomic E-state index is 12.3. The summed E-state index contributed by atoms with van der Waals surface area (Å²) in [6, 6.07) is 6.28. The number of carbonyl (C=O) groups excluding carboxylic acids is 1. The highest BCUT2D eigenvalue weighted by atomic mass is 35.5. The third kappa shape index (κ3) is 3.61. The molecule has 0 fully saturated rings. The van der Waals surface area contributed by atoms with Crippen molar-refractivity contribution in [3.05, 3.63) is 71.7 Å². The zero-order valence-corrected chi connectivity index (χ0v) is 13.6. The van der Waals surface area contributed by atoms with Gasteiger partial charge in [0.25, 0.3) is 17.3 Å². The van der Waals surface area contributed by atoms with Gasteiger partial charge >= 0.3 is 0 Å². The second-order valence-corrected chi connectivity index (χ2v) is 5.54. The Balaban J connectivity index is 2.46. The number of amides is 1.